The summed E-state index contributed by atoms with van der Waals surface area (Å²) in [5, 5.41) is 5.66. The molecule has 30 heavy (non-hydrogen) atoms. The number of rotatable bonds is 8. The predicted molar refractivity (Wildman–Crippen MR) is 116 cm³/mol. The first-order valence-corrected chi connectivity index (χ1v) is 9.59. The molecule has 0 saturated heterocycles. The molecule has 2 N–H and O–H groups in total. The van der Waals surface area contributed by atoms with Gasteiger partial charge in [0.1, 0.15) is 11.5 Å². The minimum atomic E-state index is -0.751. The standard InChI is InChI=1S/C24H24N2O4/c1-17(30-20-14-12-19(29-2)13-15-20)23(27)26-22-11-7-6-10-21(22)24(28)25-16-18-8-4-3-5-9-18/h3-15,17H,16H2,1-2H3,(H,25,28)(H,26,27)/t17-/m1/s1. The molecule has 6 nitrogen and oxygen atoms in total. The predicted octanol–water partition coefficient (Wildman–Crippen LogP) is 4.03. The molecule has 0 aromatic heterocycles. The van der Waals surface area contributed by atoms with E-state index in [0.717, 1.165) is 5.56 Å². The molecule has 3 aromatic rings. The van der Waals surface area contributed by atoms with Crippen molar-refractivity contribution in [1.29, 1.82) is 0 Å². The Bertz CT molecular complexity index is 988. The van der Waals surface area contributed by atoms with E-state index in [-0.39, 0.29) is 11.8 Å². The number of nitrogens with one attached hydrogen (secondary N) is 2. The van der Waals surface area contributed by atoms with E-state index in [1.165, 1.54) is 0 Å². The normalized spacial score (nSPS) is 11.3. The molecule has 6 heteroatoms. The Hall–Kier alpha value is -3.80. The zero-order chi connectivity index (χ0) is 21.3. The Morgan fingerprint density at radius 2 is 1.50 bits per heavy atom. The van der Waals surface area contributed by atoms with Gasteiger partial charge in [0.05, 0.1) is 18.4 Å². The molecule has 2 amide bonds. The molecule has 3 aromatic carbocycles. The van der Waals surface area contributed by atoms with Gasteiger partial charge in [-0.25, -0.2) is 0 Å². The Morgan fingerprint density at radius 3 is 2.20 bits per heavy atom. The second-order valence-electron chi connectivity index (χ2n) is 6.64. The summed E-state index contributed by atoms with van der Waals surface area (Å²) in [4.78, 5) is 25.2. The molecule has 0 unspecified atom stereocenters. The fourth-order valence-electron chi connectivity index (χ4n) is 2.81. The van der Waals surface area contributed by atoms with E-state index in [4.69, 9.17) is 9.47 Å². The summed E-state index contributed by atoms with van der Waals surface area (Å²) in [5.74, 6) is 0.634. The fourth-order valence-corrected chi connectivity index (χ4v) is 2.81. The highest BCUT2D eigenvalue weighted by molar-refractivity contribution is 6.04. The Morgan fingerprint density at radius 1 is 0.867 bits per heavy atom. The van der Waals surface area contributed by atoms with E-state index in [0.29, 0.717) is 29.3 Å². The maximum Gasteiger partial charge on any atom is 0.265 e. The van der Waals surface area contributed by atoms with Gasteiger partial charge in [-0.3, -0.25) is 9.59 Å². The molecule has 0 radical (unpaired) electrons. The number of para-hydroxylation sites is 1. The van der Waals surface area contributed by atoms with Crippen LogP contribution >= 0.6 is 0 Å². The van der Waals surface area contributed by atoms with E-state index < -0.39 is 6.10 Å². The Labute approximate surface area is 175 Å². The van der Waals surface area contributed by atoms with Crippen molar-refractivity contribution in [2.75, 3.05) is 12.4 Å². The number of methoxy groups -OCH3 is 1. The van der Waals surface area contributed by atoms with Crippen LogP contribution in [0.25, 0.3) is 0 Å². The van der Waals surface area contributed by atoms with Crippen molar-refractivity contribution in [3.63, 3.8) is 0 Å². The molecule has 154 valence electrons. The lowest BCUT2D eigenvalue weighted by atomic mass is 10.1. The van der Waals surface area contributed by atoms with Gasteiger partial charge in [-0.05, 0) is 48.9 Å². The lowest BCUT2D eigenvalue weighted by Crippen LogP contribution is -2.31. The van der Waals surface area contributed by atoms with Crippen molar-refractivity contribution < 1.29 is 19.1 Å². The third-order valence-corrected chi connectivity index (χ3v) is 4.47. The first-order valence-electron chi connectivity index (χ1n) is 9.59. The van der Waals surface area contributed by atoms with Gasteiger partial charge < -0.3 is 20.1 Å². The van der Waals surface area contributed by atoms with Gasteiger partial charge >= 0.3 is 0 Å². The third kappa shape index (κ3) is 5.61. The topological polar surface area (TPSA) is 76.7 Å². The average Bonchev–Trinajstić information content (AvgIpc) is 2.79. The highest BCUT2D eigenvalue weighted by atomic mass is 16.5. The van der Waals surface area contributed by atoms with Crippen molar-refractivity contribution in [3.8, 4) is 11.5 Å². The van der Waals surface area contributed by atoms with Crippen LogP contribution in [0.4, 0.5) is 5.69 Å². The summed E-state index contributed by atoms with van der Waals surface area (Å²) in [6.45, 7) is 2.05. The summed E-state index contributed by atoms with van der Waals surface area (Å²) in [5.41, 5.74) is 1.81. The van der Waals surface area contributed by atoms with Crippen LogP contribution in [0, 0.1) is 0 Å². The number of benzene rings is 3. The lowest BCUT2D eigenvalue weighted by Gasteiger charge is -2.16. The molecule has 0 heterocycles. The summed E-state index contributed by atoms with van der Waals surface area (Å²) < 4.78 is 10.8. The SMILES string of the molecule is COc1ccc(O[C@H](C)C(=O)Nc2ccccc2C(=O)NCc2ccccc2)cc1. The van der Waals surface area contributed by atoms with E-state index in [1.54, 1.807) is 62.6 Å². The second kappa shape index (κ2) is 10.1. The van der Waals surface area contributed by atoms with Crippen LogP contribution in [0.15, 0.2) is 78.9 Å². The zero-order valence-electron chi connectivity index (χ0n) is 16.9. The van der Waals surface area contributed by atoms with Crippen molar-refractivity contribution in [1.82, 2.24) is 5.32 Å². The fraction of sp³-hybridized carbons (Fsp3) is 0.167. The minimum absolute atomic E-state index is 0.265. The number of hydrogen-bond donors (Lipinski definition) is 2. The Kier molecular flexibility index (Phi) is 7.05. The first-order chi connectivity index (χ1) is 14.6. The van der Waals surface area contributed by atoms with Gasteiger partial charge in [-0.1, -0.05) is 42.5 Å². The first kappa shape index (κ1) is 20.9. The molecular formula is C24H24N2O4. The van der Waals surface area contributed by atoms with E-state index >= 15 is 0 Å². The number of ether oxygens (including phenoxy) is 2. The monoisotopic (exact) mass is 404 g/mol. The Balaban J connectivity index is 1.62. The number of amides is 2. The third-order valence-electron chi connectivity index (χ3n) is 4.47. The lowest BCUT2D eigenvalue weighted by molar-refractivity contribution is -0.122. The van der Waals surface area contributed by atoms with Crippen LogP contribution in [-0.2, 0) is 11.3 Å². The molecule has 0 fully saturated rings. The van der Waals surface area contributed by atoms with Crippen molar-refractivity contribution in [2.24, 2.45) is 0 Å². The van der Waals surface area contributed by atoms with Gasteiger partial charge in [0.2, 0.25) is 0 Å². The van der Waals surface area contributed by atoms with Crippen molar-refractivity contribution in [2.45, 2.75) is 19.6 Å². The maximum atomic E-state index is 12.6. The number of carbonyl (C=O) groups excluding carboxylic acids is 2. The second-order valence-corrected chi connectivity index (χ2v) is 6.64. The van der Waals surface area contributed by atoms with E-state index in [1.807, 2.05) is 30.3 Å². The van der Waals surface area contributed by atoms with Gasteiger partial charge in [0, 0.05) is 6.54 Å². The van der Waals surface area contributed by atoms with Crippen LogP contribution in [0.2, 0.25) is 0 Å². The summed E-state index contributed by atoms with van der Waals surface area (Å²) >= 11 is 0. The summed E-state index contributed by atoms with van der Waals surface area (Å²) in [6.07, 6.45) is -0.751. The van der Waals surface area contributed by atoms with Crippen LogP contribution in [-0.4, -0.2) is 25.0 Å². The molecule has 0 aliphatic carbocycles. The van der Waals surface area contributed by atoms with Crippen LogP contribution in [0.1, 0.15) is 22.8 Å². The molecule has 0 aliphatic rings. The molecule has 0 bridgehead atoms. The smallest absolute Gasteiger partial charge is 0.265 e. The van der Waals surface area contributed by atoms with E-state index in [9.17, 15) is 9.59 Å². The molecular weight excluding hydrogens is 380 g/mol. The average molecular weight is 404 g/mol. The van der Waals surface area contributed by atoms with Gasteiger partial charge in [0.15, 0.2) is 6.10 Å². The largest absolute Gasteiger partial charge is 0.497 e. The number of carbonyl (C=O) groups is 2. The van der Waals surface area contributed by atoms with E-state index in [2.05, 4.69) is 10.6 Å². The summed E-state index contributed by atoms with van der Waals surface area (Å²) in [7, 11) is 1.58. The van der Waals surface area contributed by atoms with Crippen LogP contribution < -0.4 is 20.1 Å². The molecule has 0 spiro atoms. The van der Waals surface area contributed by atoms with Gasteiger partial charge in [0.25, 0.3) is 11.8 Å². The summed E-state index contributed by atoms with van der Waals surface area (Å²) in [6, 6.07) is 23.5. The van der Waals surface area contributed by atoms with Crippen LogP contribution in [0.5, 0.6) is 11.5 Å². The minimum Gasteiger partial charge on any atom is -0.497 e. The quantitative estimate of drug-likeness (QED) is 0.594. The molecule has 1 atom stereocenters. The number of anilines is 1. The highest BCUT2D eigenvalue weighted by Crippen LogP contribution is 2.20. The molecule has 0 saturated carbocycles. The van der Waals surface area contributed by atoms with Gasteiger partial charge in [-0.15, -0.1) is 0 Å². The van der Waals surface area contributed by atoms with Crippen LogP contribution in [0.3, 0.4) is 0 Å². The zero-order valence-corrected chi connectivity index (χ0v) is 16.9. The molecule has 0 aliphatic heterocycles. The van der Waals surface area contributed by atoms with Crippen molar-refractivity contribution >= 4 is 17.5 Å². The highest BCUT2D eigenvalue weighted by Gasteiger charge is 2.18. The maximum absolute atomic E-state index is 12.6. The molecule has 3 rings (SSSR count). The van der Waals surface area contributed by atoms with Gasteiger partial charge in [-0.2, -0.15) is 0 Å². The number of hydrogen-bond acceptors (Lipinski definition) is 4. The van der Waals surface area contributed by atoms with Crippen molar-refractivity contribution in [3.05, 3.63) is 90.0 Å².